The average molecular weight is 262 g/mol. The van der Waals surface area contributed by atoms with Crippen molar-refractivity contribution in [3.63, 3.8) is 0 Å². The SMILES string of the molecule is CCC(CCN)CCC(=O)NCc1ccc(C)cc1. The van der Waals surface area contributed by atoms with Gasteiger partial charge in [0.1, 0.15) is 0 Å². The minimum atomic E-state index is 0.135. The molecule has 0 aliphatic rings. The van der Waals surface area contributed by atoms with Crippen molar-refractivity contribution in [1.82, 2.24) is 5.32 Å². The van der Waals surface area contributed by atoms with Crippen molar-refractivity contribution in [3.05, 3.63) is 35.4 Å². The Morgan fingerprint density at radius 2 is 1.95 bits per heavy atom. The molecule has 0 spiro atoms. The van der Waals surface area contributed by atoms with Crippen molar-refractivity contribution in [3.8, 4) is 0 Å². The van der Waals surface area contributed by atoms with Crippen LogP contribution in [0, 0.1) is 12.8 Å². The zero-order chi connectivity index (χ0) is 14.1. The monoisotopic (exact) mass is 262 g/mol. The zero-order valence-corrected chi connectivity index (χ0v) is 12.1. The number of rotatable bonds is 8. The smallest absolute Gasteiger partial charge is 0.220 e. The van der Waals surface area contributed by atoms with E-state index in [2.05, 4.69) is 43.4 Å². The molecule has 0 aromatic heterocycles. The van der Waals surface area contributed by atoms with E-state index in [0.717, 1.165) is 24.8 Å². The number of aryl methyl sites for hydroxylation is 1. The van der Waals surface area contributed by atoms with Crippen molar-refractivity contribution < 1.29 is 4.79 Å². The first-order valence-corrected chi connectivity index (χ1v) is 7.18. The molecule has 1 amide bonds. The van der Waals surface area contributed by atoms with Crippen LogP contribution in [0.2, 0.25) is 0 Å². The summed E-state index contributed by atoms with van der Waals surface area (Å²) in [6.07, 6.45) is 3.65. The van der Waals surface area contributed by atoms with Gasteiger partial charge >= 0.3 is 0 Å². The highest BCUT2D eigenvalue weighted by Crippen LogP contribution is 2.14. The molecule has 0 saturated carbocycles. The normalized spacial score (nSPS) is 12.2. The molecule has 1 rings (SSSR count). The number of carbonyl (C=O) groups excluding carboxylic acids is 1. The molecule has 0 radical (unpaired) electrons. The highest BCUT2D eigenvalue weighted by atomic mass is 16.1. The topological polar surface area (TPSA) is 55.1 Å². The van der Waals surface area contributed by atoms with Crippen molar-refractivity contribution in [2.75, 3.05) is 6.54 Å². The lowest BCUT2D eigenvalue weighted by molar-refractivity contribution is -0.121. The molecule has 0 aliphatic carbocycles. The first-order valence-electron chi connectivity index (χ1n) is 7.18. The van der Waals surface area contributed by atoms with Gasteiger partial charge in [0.25, 0.3) is 0 Å². The highest BCUT2D eigenvalue weighted by Gasteiger charge is 2.08. The third-order valence-corrected chi connectivity index (χ3v) is 3.54. The summed E-state index contributed by atoms with van der Waals surface area (Å²) in [6.45, 7) is 5.55. The quantitative estimate of drug-likeness (QED) is 0.757. The van der Waals surface area contributed by atoms with Crippen LogP contribution >= 0.6 is 0 Å². The lowest BCUT2D eigenvalue weighted by atomic mass is 9.96. The van der Waals surface area contributed by atoms with Gasteiger partial charge in [-0.2, -0.15) is 0 Å². The zero-order valence-electron chi connectivity index (χ0n) is 12.1. The predicted molar refractivity (Wildman–Crippen MR) is 79.7 cm³/mol. The molecule has 19 heavy (non-hydrogen) atoms. The Bertz CT molecular complexity index is 373. The van der Waals surface area contributed by atoms with Crippen LogP contribution < -0.4 is 11.1 Å². The molecule has 0 aliphatic heterocycles. The van der Waals surface area contributed by atoms with E-state index in [-0.39, 0.29) is 5.91 Å². The van der Waals surface area contributed by atoms with Crippen LogP contribution in [0.1, 0.15) is 43.7 Å². The molecule has 1 aromatic rings. The molecule has 3 N–H and O–H groups in total. The van der Waals surface area contributed by atoms with E-state index in [0.29, 0.717) is 25.4 Å². The van der Waals surface area contributed by atoms with Gasteiger partial charge in [-0.15, -0.1) is 0 Å². The van der Waals surface area contributed by atoms with Crippen molar-refractivity contribution in [2.45, 2.75) is 46.1 Å². The summed E-state index contributed by atoms with van der Waals surface area (Å²) < 4.78 is 0. The van der Waals surface area contributed by atoms with Gasteiger partial charge in [0.15, 0.2) is 0 Å². The second-order valence-corrected chi connectivity index (χ2v) is 5.15. The van der Waals surface area contributed by atoms with Crippen molar-refractivity contribution in [1.29, 1.82) is 0 Å². The maximum Gasteiger partial charge on any atom is 0.220 e. The lowest BCUT2D eigenvalue weighted by Crippen LogP contribution is -2.23. The van der Waals surface area contributed by atoms with E-state index in [1.54, 1.807) is 0 Å². The Kier molecular flexibility index (Phi) is 7.19. The van der Waals surface area contributed by atoms with Crippen molar-refractivity contribution in [2.24, 2.45) is 11.7 Å². The van der Waals surface area contributed by atoms with Gasteiger partial charge in [-0.25, -0.2) is 0 Å². The number of amides is 1. The fraction of sp³-hybridized carbons (Fsp3) is 0.562. The number of carbonyl (C=O) groups is 1. The van der Waals surface area contributed by atoms with Gasteiger partial charge in [-0.1, -0.05) is 43.2 Å². The minimum Gasteiger partial charge on any atom is -0.352 e. The van der Waals surface area contributed by atoms with Crippen LogP contribution in [0.3, 0.4) is 0 Å². The van der Waals surface area contributed by atoms with Crippen LogP contribution in [-0.2, 0) is 11.3 Å². The van der Waals surface area contributed by atoms with Crippen LogP contribution in [0.25, 0.3) is 0 Å². The number of hydrogen-bond acceptors (Lipinski definition) is 2. The third-order valence-electron chi connectivity index (χ3n) is 3.54. The van der Waals surface area contributed by atoms with E-state index >= 15 is 0 Å². The molecule has 0 saturated heterocycles. The lowest BCUT2D eigenvalue weighted by Gasteiger charge is -2.13. The van der Waals surface area contributed by atoms with E-state index in [1.165, 1.54) is 5.56 Å². The standard InChI is InChI=1S/C16H26N2O/c1-3-14(10-11-17)8-9-16(19)18-12-15-6-4-13(2)5-7-15/h4-7,14H,3,8-12,17H2,1-2H3,(H,18,19). The van der Waals surface area contributed by atoms with Gasteiger partial charge < -0.3 is 11.1 Å². The molecule has 3 heteroatoms. The highest BCUT2D eigenvalue weighted by molar-refractivity contribution is 5.75. The Balaban J connectivity index is 2.25. The Labute approximate surface area is 116 Å². The van der Waals surface area contributed by atoms with Gasteiger partial charge in [0.05, 0.1) is 0 Å². The number of benzene rings is 1. The second-order valence-electron chi connectivity index (χ2n) is 5.15. The summed E-state index contributed by atoms with van der Waals surface area (Å²) in [5.41, 5.74) is 7.94. The van der Waals surface area contributed by atoms with Gasteiger partial charge in [0.2, 0.25) is 5.91 Å². The van der Waals surface area contributed by atoms with Gasteiger partial charge in [0, 0.05) is 13.0 Å². The Morgan fingerprint density at radius 1 is 1.26 bits per heavy atom. The molecule has 1 aromatic carbocycles. The molecule has 0 fully saturated rings. The van der Waals surface area contributed by atoms with Crippen LogP contribution in [0.4, 0.5) is 0 Å². The van der Waals surface area contributed by atoms with Crippen LogP contribution in [0.15, 0.2) is 24.3 Å². The summed E-state index contributed by atoms with van der Waals surface area (Å²) >= 11 is 0. The summed E-state index contributed by atoms with van der Waals surface area (Å²) in [6, 6.07) is 8.24. The Hall–Kier alpha value is -1.35. The fourth-order valence-corrected chi connectivity index (χ4v) is 2.12. The third kappa shape index (κ3) is 6.39. The van der Waals surface area contributed by atoms with Crippen LogP contribution in [-0.4, -0.2) is 12.5 Å². The fourth-order valence-electron chi connectivity index (χ4n) is 2.12. The van der Waals surface area contributed by atoms with Crippen molar-refractivity contribution >= 4 is 5.91 Å². The second kappa shape index (κ2) is 8.70. The number of nitrogens with two attached hydrogens (primary N) is 1. The van der Waals surface area contributed by atoms with E-state index in [9.17, 15) is 4.79 Å². The largest absolute Gasteiger partial charge is 0.352 e. The van der Waals surface area contributed by atoms with E-state index < -0.39 is 0 Å². The van der Waals surface area contributed by atoms with Gasteiger partial charge in [-0.3, -0.25) is 4.79 Å². The maximum absolute atomic E-state index is 11.8. The number of nitrogens with one attached hydrogen (secondary N) is 1. The first kappa shape index (κ1) is 15.7. The predicted octanol–water partition coefficient (Wildman–Crippen LogP) is 2.77. The minimum absolute atomic E-state index is 0.135. The average Bonchev–Trinajstić information content (AvgIpc) is 2.42. The molecular weight excluding hydrogens is 236 g/mol. The summed E-state index contributed by atoms with van der Waals surface area (Å²) in [5, 5.41) is 2.97. The van der Waals surface area contributed by atoms with Gasteiger partial charge in [-0.05, 0) is 37.8 Å². The number of hydrogen-bond donors (Lipinski definition) is 2. The van der Waals surface area contributed by atoms with Crippen LogP contribution in [0.5, 0.6) is 0 Å². The summed E-state index contributed by atoms with van der Waals surface area (Å²) in [4.78, 5) is 11.8. The molecule has 3 nitrogen and oxygen atoms in total. The first-order chi connectivity index (χ1) is 9.15. The molecule has 1 unspecified atom stereocenters. The molecule has 0 heterocycles. The molecule has 106 valence electrons. The maximum atomic E-state index is 11.8. The summed E-state index contributed by atoms with van der Waals surface area (Å²) in [5.74, 6) is 0.714. The summed E-state index contributed by atoms with van der Waals surface area (Å²) in [7, 11) is 0. The Morgan fingerprint density at radius 3 is 2.53 bits per heavy atom. The molecular formula is C16H26N2O. The molecule has 0 bridgehead atoms. The van der Waals surface area contributed by atoms with E-state index in [1.807, 2.05) is 0 Å². The van der Waals surface area contributed by atoms with E-state index in [4.69, 9.17) is 5.73 Å². The molecule has 1 atom stereocenters.